The summed E-state index contributed by atoms with van der Waals surface area (Å²) in [4.78, 5) is 17.5. The maximum atomic E-state index is 13.5. The van der Waals surface area contributed by atoms with E-state index in [2.05, 4.69) is 9.71 Å². The Balaban J connectivity index is 1.65. The van der Waals surface area contributed by atoms with Gasteiger partial charge in [0, 0.05) is 37.2 Å². The van der Waals surface area contributed by atoms with E-state index in [1.807, 2.05) is 57.2 Å². The number of carbonyl (C=O) groups is 1. The summed E-state index contributed by atoms with van der Waals surface area (Å²) in [7, 11) is -2.19. The number of aromatic nitrogens is 2. The smallest absolute Gasteiger partial charge is 0.338 e. The average Bonchev–Trinajstić information content (AvgIpc) is 3.34. The van der Waals surface area contributed by atoms with Crippen LogP contribution in [0.15, 0.2) is 83.5 Å². The summed E-state index contributed by atoms with van der Waals surface area (Å²) in [6.45, 7) is 5.99. The zero-order valence-electron chi connectivity index (χ0n) is 22.2. The Hall–Kier alpha value is -3.59. The largest absolute Gasteiger partial charge is 0.512 e. The summed E-state index contributed by atoms with van der Waals surface area (Å²) in [5.74, 6) is -1.07. The van der Waals surface area contributed by atoms with Crippen molar-refractivity contribution in [3.05, 3.63) is 89.6 Å². The van der Waals surface area contributed by atoms with E-state index < -0.39 is 27.5 Å². The summed E-state index contributed by atoms with van der Waals surface area (Å²) in [6.07, 6.45) is 4.98. The highest BCUT2D eigenvalue weighted by Crippen LogP contribution is 2.46. The lowest BCUT2D eigenvalue weighted by atomic mass is 9.74. The van der Waals surface area contributed by atoms with Gasteiger partial charge in [-0.25, -0.2) is 9.78 Å². The number of sulfonamides is 1. The Morgan fingerprint density at radius 2 is 1.84 bits per heavy atom. The predicted octanol–water partition coefficient (Wildman–Crippen LogP) is 5.82. The van der Waals surface area contributed by atoms with Crippen molar-refractivity contribution in [3.63, 3.8) is 0 Å². The molecule has 1 aliphatic rings. The number of nitrogens with zero attached hydrogens (tertiary/aromatic N) is 2. The number of aliphatic hydroxyl groups excluding tert-OH is 1. The Bertz CT molecular complexity index is 1430. The number of benzene rings is 2. The van der Waals surface area contributed by atoms with E-state index in [0.717, 1.165) is 12.0 Å². The Labute approximate surface area is 224 Å². The van der Waals surface area contributed by atoms with Crippen LogP contribution >= 0.6 is 0 Å². The molecule has 3 atom stereocenters. The van der Waals surface area contributed by atoms with Gasteiger partial charge in [0.1, 0.15) is 11.4 Å². The van der Waals surface area contributed by atoms with Crippen molar-refractivity contribution >= 4 is 21.7 Å². The summed E-state index contributed by atoms with van der Waals surface area (Å²) >= 11 is 0. The lowest BCUT2D eigenvalue weighted by Gasteiger charge is -2.42. The zero-order chi connectivity index (χ0) is 27.5. The molecule has 0 fully saturated rings. The van der Waals surface area contributed by atoms with E-state index in [4.69, 9.17) is 4.74 Å². The van der Waals surface area contributed by atoms with Crippen LogP contribution in [0.25, 0.3) is 0 Å². The molecule has 3 unspecified atom stereocenters. The quantitative estimate of drug-likeness (QED) is 0.316. The van der Waals surface area contributed by atoms with E-state index in [0.29, 0.717) is 24.1 Å². The van der Waals surface area contributed by atoms with Crippen LogP contribution in [0.2, 0.25) is 0 Å². The fourth-order valence-corrected chi connectivity index (χ4v) is 6.37. The number of hydrogen-bond donors (Lipinski definition) is 2. The van der Waals surface area contributed by atoms with E-state index in [9.17, 15) is 18.3 Å². The van der Waals surface area contributed by atoms with Crippen LogP contribution in [0.1, 0.15) is 69.4 Å². The van der Waals surface area contributed by atoms with Crippen molar-refractivity contribution in [2.45, 2.75) is 68.9 Å². The molecule has 0 radical (unpaired) electrons. The van der Waals surface area contributed by atoms with Crippen molar-refractivity contribution in [2.75, 3.05) is 4.72 Å². The molecule has 4 rings (SSSR count). The minimum atomic E-state index is -3.88. The minimum absolute atomic E-state index is 0.0313. The number of cyclic esters (lactones) is 1. The average molecular weight is 538 g/mol. The number of rotatable bonds is 10. The van der Waals surface area contributed by atoms with Gasteiger partial charge in [0.25, 0.3) is 10.0 Å². The molecule has 2 N–H and O–H groups in total. The van der Waals surface area contributed by atoms with Gasteiger partial charge in [-0.3, -0.25) is 4.72 Å². The summed E-state index contributed by atoms with van der Waals surface area (Å²) in [5, 5.41) is 11.2. The highest BCUT2D eigenvalue weighted by atomic mass is 32.2. The first kappa shape index (κ1) is 27.4. The number of carbonyl (C=O) groups excluding carboxylic acids is 1. The molecular formula is C29H35N3O5S. The SMILES string of the molecule is CCCC1(C(C)c2ccccc2)CC(O)=C(C(CC)c2cccc(NS(=O)(=O)c3cn(C)cn3)c2)C(=O)O1. The van der Waals surface area contributed by atoms with Gasteiger partial charge in [-0.1, -0.05) is 69.7 Å². The summed E-state index contributed by atoms with van der Waals surface area (Å²) in [6, 6.07) is 16.7. The number of hydrogen-bond acceptors (Lipinski definition) is 6. The van der Waals surface area contributed by atoms with E-state index in [1.165, 1.54) is 12.5 Å². The molecule has 2 heterocycles. The van der Waals surface area contributed by atoms with Crippen molar-refractivity contribution in [1.82, 2.24) is 9.55 Å². The van der Waals surface area contributed by atoms with Gasteiger partial charge in [0.05, 0.1) is 11.9 Å². The molecule has 3 aromatic rings. The lowest BCUT2D eigenvalue weighted by Crippen LogP contribution is -2.45. The molecule has 2 aromatic carbocycles. The number of aryl methyl sites for hydroxylation is 1. The minimum Gasteiger partial charge on any atom is -0.512 e. The lowest BCUT2D eigenvalue weighted by molar-refractivity contribution is -0.163. The van der Waals surface area contributed by atoms with E-state index >= 15 is 0 Å². The first-order valence-electron chi connectivity index (χ1n) is 12.9. The van der Waals surface area contributed by atoms with Crippen molar-refractivity contribution in [1.29, 1.82) is 0 Å². The molecule has 202 valence electrons. The number of ether oxygens (including phenoxy) is 1. The van der Waals surface area contributed by atoms with Gasteiger partial charge in [-0.2, -0.15) is 8.42 Å². The second-order valence-corrected chi connectivity index (χ2v) is 11.6. The number of aliphatic hydroxyl groups is 1. The second-order valence-electron chi connectivity index (χ2n) is 9.94. The van der Waals surface area contributed by atoms with Crippen molar-refractivity contribution < 1.29 is 23.1 Å². The van der Waals surface area contributed by atoms with Crippen molar-refractivity contribution in [2.24, 2.45) is 7.05 Å². The fraction of sp³-hybridized carbons (Fsp3) is 0.379. The van der Waals surface area contributed by atoms with Gasteiger partial charge in [-0.05, 0) is 36.1 Å². The highest BCUT2D eigenvalue weighted by molar-refractivity contribution is 7.92. The van der Waals surface area contributed by atoms with Crippen molar-refractivity contribution in [3.8, 4) is 0 Å². The Morgan fingerprint density at radius 1 is 1.13 bits per heavy atom. The molecule has 1 aliphatic heterocycles. The molecule has 0 amide bonds. The van der Waals surface area contributed by atoms with Crippen LogP contribution in [0, 0.1) is 0 Å². The molecule has 9 heteroatoms. The molecule has 0 spiro atoms. The van der Waals surface area contributed by atoms with Crippen LogP contribution in [0.5, 0.6) is 0 Å². The van der Waals surface area contributed by atoms with Gasteiger partial charge < -0.3 is 14.4 Å². The third kappa shape index (κ3) is 5.48. The molecule has 0 saturated carbocycles. The van der Waals surface area contributed by atoms with Crippen LogP contribution in [0.4, 0.5) is 5.69 Å². The molecule has 38 heavy (non-hydrogen) atoms. The predicted molar refractivity (Wildman–Crippen MR) is 146 cm³/mol. The molecule has 8 nitrogen and oxygen atoms in total. The zero-order valence-corrected chi connectivity index (χ0v) is 23.0. The fourth-order valence-electron chi connectivity index (χ4n) is 5.34. The van der Waals surface area contributed by atoms with Gasteiger partial charge in [-0.15, -0.1) is 0 Å². The Kier molecular flexibility index (Phi) is 7.97. The Morgan fingerprint density at radius 3 is 2.45 bits per heavy atom. The number of anilines is 1. The topological polar surface area (TPSA) is 111 Å². The first-order valence-corrected chi connectivity index (χ1v) is 14.4. The molecular weight excluding hydrogens is 502 g/mol. The van der Waals surface area contributed by atoms with Crippen LogP contribution in [0.3, 0.4) is 0 Å². The monoisotopic (exact) mass is 537 g/mol. The number of nitrogens with one attached hydrogen (secondary N) is 1. The molecule has 1 aromatic heterocycles. The van der Waals surface area contributed by atoms with E-state index in [1.54, 1.807) is 29.8 Å². The molecule has 0 saturated heterocycles. The van der Waals surface area contributed by atoms with Gasteiger partial charge in [0.15, 0.2) is 5.03 Å². The standard InChI is InChI=1S/C29H35N3O5S/c1-5-15-29(20(3)21-11-8-7-9-12-21)17-25(33)27(28(34)37-29)24(6-2)22-13-10-14-23(16-22)31-38(35,36)26-18-32(4)19-30-26/h7-14,16,18-20,24,31,33H,5-6,15,17H2,1-4H3. The summed E-state index contributed by atoms with van der Waals surface area (Å²) in [5.41, 5.74) is 1.47. The maximum Gasteiger partial charge on any atom is 0.338 e. The number of imidazole rings is 1. The highest BCUT2D eigenvalue weighted by Gasteiger charge is 2.47. The van der Waals surface area contributed by atoms with Crippen LogP contribution in [-0.4, -0.2) is 34.6 Å². The van der Waals surface area contributed by atoms with Gasteiger partial charge in [0.2, 0.25) is 0 Å². The molecule has 0 bridgehead atoms. The third-order valence-electron chi connectivity index (χ3n) is 7.31. The van der Waals surface area contributed by atoms with Crippen LogP contribution in [-0.2, 0) is 26.6 Å². The van der Waals surface area contributed by atoms with Gasteiger partial charge >= 0.3 is 5.97 Å². The number of esters is 1. The van der Waals surface area contributed by atoms with Crippen LogP contribution < -0.4 is 4.72 Å². The van der Waals surface area contributed by atoms with E-state index in [-0.39, 0.29) is 28.7 Å². The molecule has 0 aliphatic carbocycles. The third-order valence-corrected chi connectivity index (χ3v) is 8.58. The summed E-state index contributed by atoms with van der Waals surface area (Å²) < 4.78 is 35.9. The maximum absolute atomic E-state index is 13.5. The second kappa shape index (κ2) is 11.0. The first-order chi connectivity index (χ1) is 18.1. The normalized spacial score (nSPS) is 19.6.